The molecule has 1 aromatic rings. The third kappa shape index (κ3) is 6.06. The lowest BCUT2D eigenvalue weighted by Gasteiger charge is -2.29. The van der Waals surface area contributed by atoms with Gasteiger partial charge in [0.05, 0.1) is 4.47 Å². The summed E-state index contributed by atoms with van der Waals surface area (Å²) in [4.78, 5) is 14.7. The number of benzene rings is 1. The molecule has 2 atom stereocenters. The number of hydrogen-bond acceptors (Lipinski definition) is 3. The van der Waals surface area contributed by atoms with E-state index in [9.17, 15) is 9.18 Å². The van der Waals surface area contributed by atoms with Crippen molar-refractivity contribution in [3.63, 3.8) is 0 Å². The molecule has 1 aliphatic heterocycles. The quantitative estimate of drug-likeness (QED) is 0.759. The van der Waals surface area contributed by atoms with Gasteiger partial charge in [0, 0.05) is 13.1 Å². The second-order valence-electron chi connectivity index (χ2n) is 6.55. The molecule has 1 aliphatic rings. The third-order valence-electron chi connectivity index (χ3n) is 4.21. The van der Waals surface area contributed by atoms with Crippen molar-refractivity contribution in [2.45, 2.75) is 39.2 Å². The fraction of sp³-hybridized carbons (Fsp3) is 0.611. The van der Waals surface area contributed by atoms with Gasteiger partial charge in [-0.25, -0.2) is 4.39 Å². The maximum Gasteiger partial charge on any atom is 0.260 e. The molecule has 1 aromatic carbocycles. The molecule has 2 unspecified atom stereocenters. The van der Waals surface area contributed by atoms with Crippen LogP contribution < -0.4 is 10.1 Å². The fourth-order valence-corrected chi connectivity index (χ4v) is 3.32. The lowest BCUT2D eigenvalue weighted by Crippen LogP contribution is -2.41. The number of halogens is 2. The molecular weight excluding hydrogens is 375 g/mol. The molecule has 0 spiro atoms. The summed E-state index contributed by atoms with van der Waals surface area (Å²) < 4.78 is 19.2. The number of nitrogens with zero attached hydrogens (tertiary/aromatic N) is 1. The van der Waals surface area contributed by atoms with Gasteiger partial charge in [-0.15, -0.1) is 0 Å². The highest BCUT2D eigenvalue weighted by atomic mass is 79.9. The zero-order valence-corrected chi connectivity index (χ0v) is 15.9. The number of carbonyl (C=O) groups is 1. The molecule has 24 heavy (non-hydrogen) atoms. The van der Waals surface area contributed by atoms with Crippen LogP contribution in [0.2, 0.25) is 0 Å². The van der Waals surface area contributed by atoms with Gasteiger partial charge < -0.3 is 15.0 Å². The van der Waals surface area contributed by atoms with Gasteiger partial charge in [0.2, 0.25) is 0 Å². The number of hydrogen-bond donors (Lipinski definition) is 1. The van der Waals surface area contributed by atoms with Crippen LogP contribution in [0.15, 0.2) is 22.7 Å². The number of amides is 1. The minimum atomic E-state index is -0.631. The second kappa shape index (κ2) is 9.37. The Morgan fingerprint density at radius 2 is 2.04 bits per heavy atom. The van der Waals surface area contributed by atoms with Gasteiger partial charge >= 0.3 is 0 Å². The Balaban J connectivity index is 1.74. The third-order valence-corrected chi connectivity index (χ3v) is 4.83. The normalized spacial score (nSPS) is 18.0. The van der Waals surface area contributed by atoms with Crippen molar-refractivity contribution >= 4 is 21.8 Å². The van der Waals surface area contributed by atoms with Gasteiger partial charge in [0.1, 0.15) is 11.6 Å². The maximum atomic E-state index is 13.1. The summed E-state index contributed by atoms with van der Waals surface area (Å²) in [5.74, 6) is 0.354. The van der Waals surface area contributed by atoms with Crippen molar-refractivity contribution in [2.75, 3.05) is 26.2 Å². The predicted octanol–water partition coefficient (Wildman–Crippen LogP) is 3.59. The number of likely N-dealkylation sites (tertiary alicyclic amines) is 1. The zero-order valence-electron chi connectivity index (χ0n) is 14.4. The number of rotatable bonds is 7. The van der Waals surface area contributed by atoms with Crippen molar-refractivity contribution in [2.24, 2.45) is 5.92 Å². The summed E-state index contributed by atoms with van der Waals surface area (Å²) in [6.07, 6.45) is 3.25. The SMILES string of the molecule is CC(CNC(=O)C(C)Oc1ccc(F)cc1Br)CN1CCCCC1. The Hall–Kier alpha value is -1.14. The number of nitrogens with one attached hydrogen (secondary N) is 1. The second-order valence-corrected chi connectivity index (χ2v) is 7.40. The smallest absolute Gasteiger partial charge is 0.260 e. The van der Waals surface area contributed by atoms with E-state index in [-0.39, 0.29) is 11.7 Å². The summed E-state index contributed by atoms with van der Waals surface area (Å²) in [5, 5.41) is 2.94. The molecule has 2 rings (SSSR count). The molecule has 6 heteroatoms. The predicted molar refractivity (Wildman–Crippen MR) is 96.7 cm³/mol. The highest BCUT2D eigenvalue weighted by Crippen LogP contribution is 2.26. The van der Waals surface area contributed by atoms with Gasteiger partial charge in [0.25, 0.3) is 5.91 Å². The van der Waals surface area contributed by atoms with Crippen LogP contribution in [0.4, 0.5) is 4.39 Å². The van der Waals surface area contributed by atoms with E-state index in [1.807, 2.05) is 0 Å². The molecule has 0 bridgehead atoms. The molecule has 1 fully saturated rings. The molecule has 134 valence electrons. The molecular formula is C18H26BrFN2O2. The van der Waals surface area contributed by atoms with Gasteiger partial charge in [0.15, 0.2) is 6.10 Å². The lowest BCUT2D eigenvalue weighted by molar-refractivity contribution is -0.127. The molecule has 0 radical (unpaired) electrons. The van der Waals surface area contributed by atoms with Gasteiger partial charge in [-0.2, -0.15) is 0 Å². The number of piperidine rings is 1. The van der Waals surface area contributed by atoms with E-state index in [0.717, 1.165) is 19.6 Å². The highest BCUT2D eigenvalue weighted by molar-refractivity contribution is 9.10. The first-order valence-electron chi connectivity index (χ1n) is 8.57. The van der Waals surface area contributed by atoms with E-state index in [2.05, 4.69) is 33.1 Å². The first-order chi connectivity index (χ1) is 11.5. The van der Waals surface area contributed by atoms with E-state index in [4.69, 9.17) is 4.74 Å². The fourth-order valence-electron chi connectivity index (χ4n) is 2.88. The Morgan fingerprint density at radius 1 is 1.33 bits per heavy atom. The van der Waals surface area contributed by atoms with E-state index in [1.165, 1.54) is 37.5 Å². The average Bonchev–Trinajstić information content (AvgIpc) is 2.56. The molecule has 0 saturated carbocycles. The Kier molecular flexibility index (Phi) is 7.49. The van der Waals surface area contributed by atoms with E-state index in [0.29, 0.717) is 22.7 Å². The van der Waals surface area contributed by atoms with Crippen molar-refractivity contribution in [1.29, 1.82) is 0 Å². The minimum Gasteiger partial charge on any atom is -0.480 e. The van der Waals surface area contributed by atoms with Crippen LogP contribution >= 0.6 is 15.9 Å². The van der Waals surface area contributed by atoms with Gasteiger partial charge in [-0.1, -0.05) is 13.3 Å². The Morgan fingerprint density at radius 3 is 2.71 bits per heavy atom. The summed E-state index contributed by atoms with van der Waals surface area (Å²) in [6.45, 7) is 7.82. The van der Waals surface area contributed by atoms with E-state index in [1.54, 1.807) is 6.92 Å². The number of carbonyl (C=O) groups excluding carboxylic acids is 1. The first-order valence-corrected chi connectivity index (χ1v) is 9.37. The Bertz CT molecular complexity index is 550. The molecule has 4 nitrogen and oxygen atoms in total. The number of ether oxygens (including phenoxy) is 1. The van der Waals surface area contributed by atoms with Crippen molar-refractivity contribution in [3.05, 3.63) is 28.5 Å². The van der Waals surface area contributed by atoms with Crippen LogP contribution in [-0.4, -0.2) is 43.1 Å². The lowest BCUT2D eigenvalue weighted by atomic mass is 10.1. The summed E-state index contributed by atoms with van der Waals surface area (Å²) in [6, 6.07) is 4.15. The largest absolute Gasteiger partial charge is 0.480 e. The van der Waals surface area contributed by atoms with Crippen LogP contribution in [0.3, 0.4) is 0 Å². The molecule has 1 amide bonds. The van der Waals surface area contributed by atoms with Gasteiger partial charge in [-0.3, -0.25) is 4.79 Å². The maximum absolute atomic E-state index is 13.1. The van der Waals surface area contributed by atoms with Gasteiger partial charge in [-0.05, 0) is 72.9 Å². The first kappa shape index (κ1) is 19.2. The summed E-state index contributed by atoms with van der Waals surface area (Å²) in [5.41, 5.74) is 0. The van der Waals surface area contributed by atoms with Crippen LogP contribution in [0.5, 0.6) is 5.75 Å². The minimum absolute atomic E-state index is 0.156. The van der Waals surface area contributed by atoms with Crippen molar-refractivity contribution < 1.29 is 13.9 Å². The molecule has 0 aliphatic carbocycles. The standard InChI is InChI=1S/C18H26BrFN2O2/c1-13(12-22-8-4-3-5-9-22)11-21-18(23)14(2)24-17-7-6-15(20)10-16(17)19/h6-7,10,13-14H,3-5,8-9,11-12H2,1-2H3,(H,21,23). The van der Waals surface area contributed by atoms with Crippen molar-refractivity contribution in [3.8, 4) is 5.75 Å². The average molecular weight is 401 g/mol. The summed E-state index contributed by atoms with van der Waals surface area (Å²) in [7, 11) is 0. The molecule has 1 heterocycles. The zero-order chi connectivity index (χ0) is 17.5. The van der Waals surface area contributed by atoms with Crippen LogP contribution in [0.25, 0.3) is 0 Å². The van der Waals surface area contributed by atoms with Crippen molar-refractivity contribution in [1.82, 2.24) is 10.2 Å². The van der Waals surface area contributed by atoms with Crippen LogP contribution in [-0.2, 0) is 4.79 Å². The monoisotopic (exact) mass is 400 g/mol. The van der Waals surface area contributed by atoms with E-state index >= 15 is 0 Å². The molecule has 0 aromatic heterocycles. The Labute approximate surface area is 151 Å². The topological polar surface area (TPSA) is 41.6 Å². The molecule has 1 saturated heterocycles. The van der Waals surface area contributed by atoms with Crippen LogP contribution in [0, 0.1) is 11.7 Å². The van der Waals surface area contributed by atoms with E-state index < -0.39 is 6.10 Å². The van der Waals surface area contributed by atoms with Crippen LogP contribution in [0.1, 0.15) is 33.1 Å². The molecule has 1 N–H and O–H groups in total. The highest BCUT2D eigenvalue weighted by Gasteiger charge is 2.18. The summed E-state index contributed by atoms with van der Waals surface area (Å²) >= 11 is 3.24.